The van der Waals surface area contributed by atoms with Gasteiger partial charge in [-0.05, 0) is 29.7 Å². The third kappa shape index (κ3) is 1.93. The number of benzene rings is 2. The summed E-state index contributed by atoms with van der Waals surface area (Å²) in [5.74, 6) is -0.359. The number of hydrogen-bond donors (Lipinski definition) is 4. The van der Waals surface area contributed by atoms with Crippen molar-refractivity contribution in [3.8, 4) is 5.75 Å². The zero-order valence-electron chi connectivity index (χ0n) is 9.51. The van der Waals surface area contributed by atoms with Crippen molar-refractivity contribution in [3.63, 3.8) is 0 Å². The van der Waals surface area contributed by atoms with Crippen molar-refractivity contribution in [2.24, 2.45) is 0 Å². The van der Waals surface area contributed by atoms with Gasteiger partial charge in [-0.3, -0.25) is 4.55 Å². The van der Waals surface area contributed by atoms with E-state index in [2.05, 4.69) is 5.32 Å². The normalized spacial score (nSPS) is 11.7. The molecule has 0 heterocycles. The molecular formula is C11H12N2O4S. The lowest BCUT2D eigenvalue weighted by molar-refractivity contribution is 0.473. The zero-order valence-corrected chi connectivity index (χ0v) is 10.3. The fraction of sp³-hybridized carbons (Fsp3) is 0.0909. The molecule has 0 aliphatic rings. The molecule has 0 saturated heterocycles. The molecule has 0 radical (unpaired) electrons. The van der Waals surface area contributed by atoms with Crippen molar-refractivity contribution >= 4 is 32.3 Å². The van der Waals surface area contributed by atoms with Crippen LogP contribution in [0.2, 0.25) is 0 Å². The summed E-state index contributed by atoms with van der Waals surface area (Å²) in [4.78, 5) is -0.499. The summed E-state index contributed by atoms with van der Waals surface area (Å²) in [6.07, 6.45) is 0. The molecule has 2 aromatic rings. The van der Waals surface area contributed by atoms with Gasteiger partial charge in [0.05, 0.1) is 5.69 Å². The third-order valence-electron chi connectivity index (χ3n) is 2.68. The van der Waals surface area contributed by atoms with E-state index in [4.69, 9.17) is 10.3 Å². The summed E-state index contributed by atoms with van der Waals surface area (Å²) >= 11 is 0. The molecule has 0 saturated carbocycles. The molecule has 0 bridgehead atoms. The SMILES string of the molecule is CNc1ccc2c(O)c(N)c(S(=O)(=O)O)cc2c1. The minimum atomic E-state index is -4.47. The molecule has 0 fully saturated rings. The van der Waals surface area contributed by atoms with Gasteiger partial charge in [-0.1, -0.05) is 0 Å². The Balaban J connectivity index is 2.88. The monoisotopic (exact) mass is 268 g/mol. The maximum atomic E-state index is 11.2. The number of nitrogens with two attached hydrogens (primary N) is 1. The highest BCUT2D eigenvalue weighted by Crippen LogP contribution is 2.37. The van der Waals surface area contributed by atoms with Gasteiger partial charge >= 0.3 is 0 Å². The molecule has 5 N–H and O–H groups in total. The molecule has 0 amide bonds. The molecule has 0 spiro atoms. The van der Waals surface area contributed by atoms with Crippen LogP contribution in [0, 0.1) is 0 Å². The van der Waals surface area contributed by atoms with Gasteiger partial charge in [0.15, 0.2) is 0 Å². The second kappa shape index (κ2) is 4.04. The minimum Gasteiger partial charge on any atom is -0.505 e. The molecule has 0 atom stereocenters. The van der Waals surface area contributed by atoms with Gasteiger partial charge in [0.25, 0.3) is 10.1 Å². The quantitative estimate of drug-likeness (QED) is 0.372. The molecule has 2 rings (SSSR count). The molecule has 96 valence electrons. The zero-order chi connectivity index (χ0) is 13.5. The summed E-state index contributed by atoms with van der Waals surface area (Å²) in [5, 5.41) is 13.6. The number of phenolic OH excluding ortho intramolecular Hbond substituents is 1. The van der Waals surface area contributed by atoms with Crippen LogP contribution in [0.5, 0.6) is 5.75 Å². The Morgan fingerprint density at radius 3 is 2.50 bits per heavy atom. The topological polar surface area (TPSA) is 113 Å². The molecule has 0 aromatic heterocycles. The third-order valence-corrected chi connectivity index (χ3v) is 3.57. The van der Waals surface area contributed by atoms with Crippen molar-refractivity contribution in [2.75, 3.05) is 18.1 Å². The predicted octanol–water partition coefficient (Wildman–Crippen LogP) is 1.42. The first-order valence-corrected chi connectivity index (χ1v) is 6.49. The minimum absolute atomic E-state index is 0.359. The summed E-state index contributed by atoms with van der Waals surface area (Å²) in [7, 11) is -2.76. The lowest BCUT2D eigenvalue weighted by atomic mass is 10.1. The largest absolute Gasteiger partial charge is 0.505 e. The van der Waals surface area contributed by atoms with Crippen LogP contribution in [0.15, 0.2) is 29.2 Å². The lowest BCUT2D eigenvalue weighted by Crippen LogP contribution is -2.03. The molecule has 7 heteroatoms. The van der Waals surface area contributed by atoms with Gasteiger partial charge in [0, 0.05) is 18.1 Å². The van der Waals surface area contributed by atoms with Gasteiger partial charge in [-0.15, -0.1) is 0 Å². The van der Waals surface area contributed by atoms with Crippen LogP contribution in [-0.4, -0.2) is 25.1 Å². The number of nitrogen functional groups attached to an aromatic ring is 1. The second-order valence-corrected chi connectivity index (χ2v) is 5.19. The van der Waals surface area contributed by atoms with Crippen molar-refractivity contribution in [3.05, 3.63) is 24.3 Å². The number of fused-ring (bicyclic) bond motifs is 1. The Morgan fingerprint density at radius 1 is 1.28 bits per heavy atom. The summed E-state index contributed by atoms with van der Waals surface area (Å²) in [6, 6.07) is 6.19. The van der Waals surface area contributed by atoms with E-state index < -0.39 is 15.0 Å². The number of phenols is 1. The molecule has 6 nitrogen and oxygen atoms in total. The van der Waals surface area contributed by atoms with Crippen molar-refractivity contribution in [2.45, 2.75) is 4.90 Å². The average Bonchev–Trinajstić information content (AvgIpc) is 2.31. The highest BCUT2D eigenvalue weighted by Gasteiger charge is 2.19. The second-order valence-electron chi connectivity index (χ2n) is 3.80. The fourth-order valence-electron chi connectivity index (χ4n) is 1.75. The molecular weight excluding hydrogens is 256 g/mol. The van der Waals surface area contributed by atoms with Gasteiger partial charge in [-0.2, -0.15) is 8.42 Å². The van der Waals surface area contributed by atoms with Crippen LogP contribution in [-0.2, 0) is 10.1 Å². The molecule has 18 heavy (non-hydrogen) atoms. The Bertz CT molecular complexity index is 725. The summed E-state index contributed by atoms with van der Waals surface area (Å²) in [5.41, 5.74) is 5.88. The molecule has 0 unspecified atom stereocenters. The van der Waals surface area contributed by atoms with E-state index in [1.165, 1.54) is 6.07 Å². The Labute approximate surface area is 104 Å². The van der Waals surface area contributed by atoms with E-state index in [9.17, 15) is 13.5 Å². The van der Waals surface area contributed by atoms with Crippen LogP contribution < -0.4 is 11.1 Å². The van der Waals surface area contributed by atoms with E-state index >= 15 is 0 Å². The van der Waals surface area contributed by atoms with E-state index in [1.807, 2.05) is 0 Å². The first-order chi connectivity index (χ1) is 8.34. The van der Waals surface area contributed by atoms with Crippen LogP contribution in [0.25, 0.3) is 10.8 Å². The Morgan fingerprint density at radius 2 is 1.94 bits per heavy atom. The fourth-order valence-corrected chi connectivity index (χ4v) is 2.40. The van der Waals surface area contributed by atoms with Crippen LogP contribution in [0.1, 0.15) is 0 Å². The van der Waals surface area contributed by atoms with E-state index in [-0.39, 0.29) is 11.4 Å². The average molecular weight is 268 g/mol. The first-order valence-electron chi connectivity index (χ1n) is 5.05. The first kappa shape index (κ1) is 12.5. The number of rotatable bonds is 2. The standard InChI is InChI=1S/C11H12N2O4S/c1-13-7-2-3-8-6(4-7)5-9(18(15,16)17)10(12)11(8)14/h2-5,13-14H,12H2,1H3,(H,15,16,17). The van der Waals surface area contributed by atoms with Gasteiger partial charge < -0.3 is 16.2 Å². The van der Waals surface area contributed by atoms with Crippen molar-refractivity contribution < 1.29 is 18.1 Å². The van der Waals surface area contributed by atoms with Crippen molar-refractivity contribution in [1.82, 2.24) is 0 Å². The predicted molar refractivity (Wildman–Crippen MR) is 69.4 cm³/mol. The number of hydrogen-bond acceptors (Lipinski definition) is 5. The highest BCUT2D eigenvalue weighted by molar-refractivity contribution is 7.86. The molecule has 2 aromatic carbocycles. The van der Waals surface area contributed by atoms with E-state index in [1.54, 1.807) is 25.2 Å². The summed E-state index contributed by atoms with van der Waals surface area (Å²) in [6.45, 7) is 0. The molecule has 0 aliphatic carbocycles. The smallest absolute Gasteiger partial charge is 0.296 e. The Kier molecular flexibility index (Phi) is 2.80. The maximum Gasteiger partial charge on any atom is 0.296 e. The summed E-state index contributed by atoms with van der Waals surface area (Å²) < 4.78 is 31.4. The van der Waals surface area contributed by atoms with Crippen molar-refractivity contribution in [1.29, 1.82) is 0 Å². The number of anilines is 2. The molecule has 0 aliphatic heterocycles. The van der Waals surface area contributed by atoms with Crippen LogP contribution in [0.4, 0.5) is 11.4 Å². The highest BCUT2D eigenvalue weighted by atomic mass is 32.2. The van der Waals surface area contributed by atoms with Gasteiger partial charge in [0.1, 0.15) is 10.6 Å². The van der Waals surface area contributed by atoms with E-state index in [0.29, 0.717) is 10.8 Å². The van der Waals surface area contributed by atoms with Gasteiger partial charge in [0.2, 0.25) is 0 Å². The Hall–Kier alpha value is -1.99. The van der Waals surface area contributed by atoms with Crippen LogP contribution in [0.3, 0.4) is 0 Å². The van der Waals surface area contributed by atoms with E-state index in [0.717, 1.165) is 5.69 Å². The number of aromatic hydroxyl groups is 1. The maximum absolute atomic E-state index is 11.2. The lowest BCUT2D eigenvalue weighted by Gasteiger charge is -2.10. The number of nitrogens with one attached hydrogen (secondary N) is 1. The van der Waals surface area contributed by atoms with Gasteiger partial charge in [-0.25, -0.2) is 0 Å². The van der Waals surface area contributed by atoms with Crippen LogP contribution >= 0.6 is 0 Å².